The zero-order valence-corrected chi connectivity index (χ0v) is 13.5. The van der Waals surface area contributed by atoms with Crippen molar-refractivity contribution in [2.45, 2.75) is 25.9 Å². The van der Waals surface area contributed by atoms with Crippen LogP contribution >= 0.6 is 0 Å². The van der Waals surface area contributed by atoms with E-state index in [2.05, 4.69) is 20.5 Å². The number of pyridine rings is 1. The Morgan fingerprint density at radius 1 is 1.08 bits per heavy atom. The van der Waals surface area contributed by atoms with E-state index in [1.807, 2.05) is 12.1 Å². The predicted molar refractivity (Wildman–Crippen MR) is 91.2 cm³/mol. The lowest BCUT2D eigenvalue weighted by Gasteiger charge is -2.16. The molecule has 0 unspecified atom stereocenters. The highest BCUT2D eigenvalue weighted by molar-refractivity contribution is 5.73. The minimum atomic E-state index is -0.332. The van der Waals surface area contributed by atoms with Crippen molar-refractivity contribution in [2.24, 2.45) is 0 Å². The Morgan fingerprint density at radius 2 is 1.83 bits per heavy atom. The second-order valence-electron chi connectivity index (χ2n) is 5.85. The largest absolute Gasteiger partial charge is 0.357 e. The molecule has 24 heavy (non-hydrogen) atoms. The van der Waals surface area contributed by atoms with Crippen LogP contribution in [0.5, 0.6) is 0 Å². The highest BCUT2D eigenvalue weighted by Crippen LogP contribution is 2.17. The van der Waals surface area contributed by atoms with Crippen LogP contribution in [0.25, 0.3) is 0 Å². The molecule has 5 nitrogen and oxygen atoms in total. The molecule has 1 aliphatic heterocycles. The Bertz CT molecular complexity index is 684. The molecule has 3 rings (SSSR count). The van der Waals surface area contributed by atoms with Crippen LogP contribution in [0.3, 0.4) is 0 Å². The van der Waals surface area contributed by atoms with Crippen molar-refractivity contribution in [3.8, 4) is 0 Å². The fourth-order valence-corrected chi connectivity index (χ4v) is 2.72. The zero-order chi connectivity index (χ0) is 16.8. The first-order valence-electron chi connectivity index (χ1n) is 8.17. The number of anilines is 1. The van der Waals surface area contributed by atoms with E-state index in [0.717, 1.165) is 24.5 Å². The first-order chi connectivity index (χ1) is 11.7. The highest BCUT2D eigenvalue weighted by atomic mass is 19.1. The summed E-state index contributed by atoms with van der Waals surface area (Å²) in [6, 6.07) is 10.0. The van der Waals surface area contributed by atoms with E-state index >= 15 is 0 Å². The number of hydrogen-bond acceptors (Lipinski definition) is 3. The van der Waals surface area contributed by atoms with Gasteiger partial charge in [0.25, 0.3) is 0 Å². The van der Waals surface area contributed by atoms with Gasteiger partial charge in [0.2, 0.25) is 0 Å². The van der Waals surface area contributed by atoms with Crippen LogP contribution in [0, 0.1) is 5.82 Å². The van der Waals surface area contributed by atoms with E-state index in [1.165, 1.54) is 18.9 Å². The van der Waals surface area contributed by atoms with Gasteiger partial charge in [-0.3, -0.25) is 0 Å². The van der Waals surface area contributed by atoms with Gasteiger partial charge < -0.3 is 15.5 Å². The van der Waals surface area contributed by atoms with Crippen molar-refractivity contribution in [1.82, 2.24) is 15.6 Å². The van der Waals surface area contributed by atoms with Gasteiger partial charge in [-0.1, -0.05) is 24.3 Å². The van der Waals surface area contributed by atoms with Gasteiger partial charge in [-0.05, 0) is 30.5 Å². The van der Waals surface area contributed by atoms with Crippen LogP contribution in [0.15, 0.2) is 42.6 Å². The van der Waals surface area contributed by atoms with Gasteiger partial charge in [0, 0.05) is 37.9 Å². The molecule has 1 fully saturated rings. The van der Waals surface area contributed by atoms with Crippen molar-refractivity contribution in [3.05, 3.63) is 59.5 Å². The zero-order valence-electron chi connectivity index (χ0n) is 13.5. The van der Waals surface area contributed by atoms with Crippen molar-refractivity contribution in [2.75, 3.05) is 18.0 Å². The number of carbonyl (C=O) groups excluding carboxylic acids is 1. The van der Waals surface area contributed by atoms with Crippen molar-refractivity contribution >= 4 is 11.8 Å². The van der Waals surface area contributed by atoms with Gasteiger partial charge in [-0.2, -0.15) is 0 Å². The van der Waals surface area contributed by atoms with E-state index < -0.39 is 0 Å². The normalized spacial score (nSPS) is 13.8. The van der Waals surface area contributed by atoms with Crippen LogP contribution in [0.2, 0.25) is 0 Å². The Labute approximate surface area is 140 Å². The molecule has 2 amide bonds. The maximum atomic E-state index is 13.5. The lowest BCUT2D eigenvalue weighted by Crippen LogP contribution is -2.34. The molecule has 1 aliphatic rings. The quantitative estimate of drug-likeness (QED) is 0.887. The van der Waals surface area contributed by atoms with Crippen LogP contribution < -0.4 is 15.5 Å². The summed E-state index contributed by atoms with van der Waals surface area (Å²) in [5, 5.41) is 5.40. The van der Waals surface area contributed by atoms with E-state index in [-0.39, 0.29) is 18.4 Å². The van der Waals surface area contributed by atoms with Crippen LogP contribution in [-0.4, -0.2) is 24.1 Å². The first-order valence-corrected chi connectivity index (χ1v) is 8.17. The highest BCUT2D eigenvalue weighted by Gasteiger charge is 2.13. The van der Waals surface area contributed by atoms with Crippen molar-refractivity contribution in [3.63, 3.8) is 0 Å². The first kappa shape index (κ1) is 16.2. The maximum Gasteiger partial charge on any atom is 0.315 e. The standard InChI is InChI=1S/C18H21FN4O/c19-16-6-2-1-5-15(16)13-22-18(24)21-12-14-7-8-17(20-11-14)23-9-3-4-10-23/h1-2,5-8,11H,3-4,9-10,12-13H2,(H2,21,22,24). The smallest absolute Gasteiger partial charge is 0.315 e. The predicted octanol–water partition coefficient (Wildman–Crippen LogP) is 2.82. The minimum absolute atomic E-state index is 0.157. The number of hydrogen-bond donors (Lipinski definition) is 2. The second-order valence-corrected chi connectivity index (χ2v) is 5.85. The van der Waals surface area contributed by atoms with E-state index in [9.17, 15) is 9.18 Å². The molecule has 0 atom stereocenters. The number of amides is 2. The summed E-state index contributed by atoms with van der Waals surface area (Å²) in [5.41, 5.74) is 1.39. The van der Waals surface area contributed by atoms with Crippen LogP contribution in [0.4, 0.5) is 15.0 Å². The third-order valence-corrected chi connectivity index (χ3v) is 4.09. The Hall–Kier alpha value is -2.63. The summed E-state index contributed by atoms with van der Waals surface area (Å²) in [5.74, 6) is 0.666. The Morgan fingerprint density at radius 3 is 2.54 bits per heavy atom. The lowest BCUT2D eigenvalue weighted by molar-refractivity contribution is 0.240. The Balaban J connectivity index is 1.45. The minimum Gasteiger partial charge on any atom is -0.357 e. The van der Waals surface area contributed by atoms with E-state index in [0.29, 0.717) is 12.1 Å². The van der Waals surface area contributed by atoms with Crippen LogP contribution in [-0.2, 0) is 13.1 Å². The average Bonchev–Trinajstić information content (AvgIpc) is 3.14. The second kappa shape index (κ2) is 7.77. The van der Waals surface area contributed by atoms with Crippen LogP contribution in [0.1, 0.15) is 24.0 Å². The molecular formula is C18H21FN4O. The van der Waals surface area contributed by atoms with Gasteiger partial charge in [-0.25, -0.2) is 14.2 Å². The fraction of sp³-hybridized carbons (Fsp3) is 0.333. The summed E-state index contributed by atoms with van der Waals surface area (Å²) in [4.78, 5) is 18.5. The molecule has 0 aliphatic carbocycles. The van der Waals surface area contributed by atoms with E-state index in [4.69, 9.17) is 0 Å². The van der Waals surface area contributed by atoms with Crippen molar-refractivity contribution < 1.29 is 9.18 Å². The summed E-state index contributed by atoms with van der Waals surface area (Å²) in [6.45, 7) is 2.66. The molecule has 0 radical (unpaired) electrons. The number of nitrogens with zero attached hydrogens (tertiary/aromatic N) is 2. The SMILES string of the molecule is O=C(NCc1ccc(N2CCCC2)nc1)NCc1ccccc1F. The number of carbonyl (C=O) groups is 1. The topological polar surface area (TPSA) is 57.3 Å². The molecule has 1 aromatic heterocycles. The lowest BCUT2D eigenvalue weighted by atomic mass is 10.2. The van der Waals surface area contributed by atoms with Gasteiger partial charge in [-0.15, -0.1) is 0 Å². The number of benzene rings is 1. The molecule has 0 bridgehead atoms. The molecule has 6 heteroatoms. The number of aromatic nitrogens is 1. The molecular weight excluding hydrogens is 307 g/mol. The Kier molecular flexibility index (Phi) is 5.25. The van der Waals surface area contributed by atoms with E-state index in [1.54, 1.807) is 24.4 Å². The summed E-state index contributed by atoms with van der Waals surface area (Å²) in [7, 11) is 0. The third-order valence-electron chi connectivity index (χ3n) is 4.09. The van der Waals surface area contributed by atoms with Crippen molar-refractivity contribution in [1.29, 1.82) is 0 Å². The molecule has 0 saturated carbocycles. The number of urea groups is 1. The molecule has 2 N–H and O–H groups in total. The maximum absolute atomic E-state index is 13.5. The fourth-order valence-electron chi connectivity index (χ4n) is 2.72. The van der Waals surface area contributed by atoms with Gasteiger partial charge in [0.15, 0.2) is 0 Å². The average molecular weight is 328 g/mol. The number of halogens is 1. The molecule has 0 spiro atoms. The van der Waals surface area contributed by atoms with Gasteiger partial charge in [0.1, 0.15) is 11.6 Å². The van der Waals surface area contributed by atoms with Gasteiger partial charge in [0.05, 0.1) is 0 Å². The number of nitrogens with one attached hydrogen (secondary N) is 2. The summed E-state index contributed by atoms with van der Waals surface area (Å²) in [6.07, 6.45) is 4.21. The third kappa shape index (κ3) is 4.22. The monoisotopic (exact) mass is 328 g/mol. The molecule has 126 valence electrons. The number of rotatable bonds is 5. The molecule has 1 saturated heterocycles. The molecule has 1 aromatic carbocycles. The summed E-state index contributed by atoms with van der Waals surface area (Å²) >= 11 is 0. The molecule has 2 heterocycles. The summed E-state index contributed by atoms with van der Waals surface area (Å²) < 4.78 is 13.5. The van der Waals surface area contributed by atoms with Gasteiger partial charge >= 0.3 is 6.03 Å². The molecule has 2 aromatic rings.